The van der Waals surface area contributed by atoms with Crippen LogP contribution in [0.2, 0.25) is 5.02 Å². The van der Waals surface area contributed by atoms with Gasteiger partial charge >= 0.3 is 6.61 Å². The van der Waals surface area contributed by atoms with E-state index in [4.69, 9.17) is 23.8 Å². The molecule has 0 bridgehead atoms. The molecule has 3 aromatic rings. The molecule has 1 aromatic heterocycles. The number of rotatable bonds is 5. The predicted octanol–water partition coefficient (Wildman–Crippen LogP) is 4.86. The van der Waals surface area contributed by atoms with E-state index in [1.807, 2.05) is 0 Å². The van der Waals surface area contributed by atoms with Gasteiger partial charge in [-0.3, -0.25) is 10.1 Å². The Morgan fingerprint density at radius 2 is 1.82 bits per heavy atom. The predicted molar refractivity (Wildman–Crippen MR) is 108 cm³/mol. The van der Waals surface area contributed by atoms with E-state index in [1.54, 1.807) is 65.5 Å². The number of benzene rings is 2. The van der Waals surface area contributed by atoms with Gasteiger partial charge in [-0.1, -0.05) is 23.7 Å². The number of thiocarbonyl (C=S) groups is 1. The highest BCUT2D eigenvalue weighted by molar-refractivity contribution is 7.80. The molecule has 3 rings (SSSR count). The molecule has 0 fully saturated rings. The van der Waals surface area contributed by atoms with E-state index in [0.717, 1.165) is 0 Å². The first-order valence-corrected chi connectivity index (χ1v) is 8.82. The minimum atomic E-state index is -2.99. The number of hydrogen-bond donors (Lipinski definition) is 2. The van der Waals surface area contributed by atoms with Crippen molar-refractivity contribution in [2.24, 2.45) is 0 Å². The molecule has 5 nitrogen and oxygen atoms in total. The molecule has 0 aliphatic rings. The highest BCUT2D eigenvalue weighted by Gasteiger charge is 2.14. The molecule has 0 atom stereocenters. The van der Waals surface area contributed by atoms with Gasteiger partial charge in [0.1, 0.15) is 0 Å². The van der Waals surface area contributed by atoms with Crippen LogP contribution in [0, 0.1) is 0 Å². The highest BCUT2D eigenvalue weighted by atomic mass is 35.5. The third-order valence-electron chi connectivity index (χ3n) is 3.66. The molecule has 28 heavy (non-hydrogen) atoms. The molecule has 0 saturated heterocycles. The van der Waals surface area contributed by atoms with E-state index >= 15 is 0 Å². The zero-order valence-corrected chi connectivity index (χ0v) is 15.8. The van der Waals surface area contributed by atoms with Crippen LogP contribution < -0.4 is 15.4 Å². The minimum Gasteiger partial charge on any atom is -0.433 e. The first-order chi connectivity index (χ1) is 13.4. The molecule has 1 amide bonds. The summed E-state index contributed by atoms with van der Waals surface area (Å²) in [5, 5.41) is 5.53. The van der Waals surface area contributed by atoms with Crippen molar-refractivity contribution in [2.75, 3.05) is 5.32 Å². The Bertz CT molecular complexity index is 997. The second-order valence-electron chi connectivity index (χ2n) is 5.54. The van der Waals surface area contributed by atoms with Crippen LogP contribution in [0.25, 0.3) is 5.69 Å². The number of amides is 1. The number of halogens is 3. The molecule has 0 unspecified atom stereocenters. The molecular formula is C19H14ClF2N3O2S. The van der Waals surface area contributed by atoms with Crippen molar-refractivity contribution in [3.05, 3.63) is 77.6 Å². The molecule has 1 heterocycles. The second kappa shape index (κ2) is 8.81. The number of aromatic nitrogens is 1. The Labute approximate surface area is 169 Å². The smallest absolute Gasteiger partial charge is 0.387 e. The lowest BCUT2D eigenvalue weighted by atomic mass is 10.2. The van der Waals surface area contributed by atoms with Crippen molar-refractivity contribution >= 4 is 40.5 Å². The summed E-state index contributed by atoms with van der Waals surface area (Å²) in [6.07, 6.45) is 3.41. The largest absolute Gasteiger partial charge is 0.433 e. The van der Waals surface area contributed by atoms with Crippen LogP contribution in [-0.4, -0.2) is 22.2 Å². The average Bonchev–Trinajstić information content (AvgIpc) is 3.16. The molecule has 0 saturated carbocycles. The van der Waals surface area contributed by atoms with E-state index < -0.39 is 12.5 Å². The molecule has 2 aromatic carbocycles. The molecule has 144 valence electrons. The van der Waals surface area contributed by atoms with Crippen molar-refractivity contribution in [1.82, 2.24) is 9.88 Å². The van der Waals surface area contributed by atoms with E-state index in [9.17, 15) is 13.6 Å². The number of nitrogens with zero attached hydrogens (tertiary/aromatic N) is 1. The van der Waals surface area contributed by atoms with Crippen molar-refractivity contribution < 1.29 is 18.3 Å². The summed E-state index contributed by atoms with van der Waals surface area (Å²) in [7, 11) is 0. The fourth-order valence-corrected chi connectivity index (χ4v) is 2.90. The quantitative estimate of drug-likeness (QED) is 0.578. The second-order valence-corrected chi connectivity index (χ2v) is 6.35. The molecule has 9 heteroatoms. The number of ether oxygens (including phenoxy) is 1. The maximum atomic E-state index is 12.8. The highest BCUT2D eigenvalue weighted by Crippen LogP contribution is 2.28. The van der Waals surface area contributed by atoms with Gasteiger partial charge in [-0.05, 0) is 48.6 Å². The van der Waals surface area contributed by atoms with E-state index in [1.165, 1.54) is 6.07 Å². The lowest BCUT2D eigenvalue weighted by Crippen LogP contribution is -2.34. The number of alkyl halides is 2. The van der Waals surface area contributed by atoms with Gasteiger partial charge in [0.15, 0.2) is 10.9 Å². The Hall–Kier alpha value is -2.97. The van der Waals surface area contributed by atoms with Gasteiger partial charge in [0, 0.05) is 24.1 Å². The Morgan fingerprint density at radius 3 is 2.50 bits per heavy atom. The summed E-state index contributed by atoms with van der Waals surface area (Å²) >= 11 is 11.1. The molecule has 0 radical (unpaired) electrons. The number of hydrogen-bond acceptors (Lipinski definition) is 3. The lowest BCUT2D eigenvalue weighted by Gasteiger charge is -2.15. The first kappa shape index (κ1) is 19.8. The summed E-state index contributed by atoms with van der Waals surface area (Å²) in [6, 6.07) is 14.6. The van der Waals surface area contributed by atoms with Gasteiger partial charge in [0.2, 0.25) is 0 Å². The number of anilines is 1. The Morgan fingerprint density at radius 1 is 1.11 bits per heavy atom. The molecule has 0 aliphatic heterocycles. The molecular weight excluding hydrogens is 408 g/mol. The third kappa shape index (κ3) is 4.85. The fraction of sp³-hybridized carbons (Fsp3) is 0.0526. The van der Waals surface area contributed by atoms with E-state index in [0.29, 0.717) is 11.4 Å². The number of nitrogens with one attached hydrogen (secondary N) is 2. The van der Waals surface area contributed by atoms with Gasteiger partial charge in [-0.25, -0.2) is 0 Å². The summed E-state index contributed by atoms with van der Waals surface area (Å²) < 4.78 is 31.8. The number of carbonyl (C=O) groups excluding carboxylic acids is 1. The van der Waals surface area contributed by atoms with Gasteiger partial charge in [-0.15, -0.1) is 0 Å². The summed E-state index contributed by atoms with van der Waals surface area (Å²) in [5.74, 6) is -0.535. The van der Waals surface area contributed by atoms with Crippen LogP contribution in [0.3, 0.4) is 0 Å². The van der Waals surface area contributed by atoms with Crippen molar-refractivity contribution in [2.45, 2.75) is 6.61 Å². The molecule has 0 spiro atoms. The monoisotopic (exact) mass is 421 g/mol. The standard InChI is InChI=1S/C19H14ClF2N3O2S/c20-14-6-2-1-5-13(14)17(26)24-19(28)23-12-7-8-15(25-9-3-4-10-25)16(11-12)27-18(21)22/h1-11,18H,(H2,23,24,26,28). The van der Waals surface area contributed by atoms with Crippen molar-refractivity contribution in [1.29, 1.82) is 0 Å². The maximum absolute atomic E-state index is 12.8. The van der Waals surface area contributed by atoms with E-state index in [-0.39, 0.29) is 21.4 Å². The summed E-state index contributed by atoms with van der Waals surface area (Å²) in [4.78, 5) is 12.2. The van der Waals surface area contributed by atoms with Gasteiger partial charge in [-0.2, -0.15) is 8.78 Å². The van der Waals surface area contributed by atoms with Crippen LogP contribution in [0.15, 0.2) is 67.0 Å². The average molecular weight is 422 g/mol. The zero-order chi connectivity index (χ0) is 20.1. The molecule has 0 aliphatic carbocycles. The Balaban J connectivity index is 1.75. The van der Waals surface area contributed by atoms with Gasteiger partial charge in [0.25, 0.3) is 5.91 Å². The third-order valence-corrected chi connectivity index (χ3v) is 4.20. The lowest BCUT2D eigenvalue weighted by molar-refractivity contribution is -0.0498. The topological polar surface area (TPSA) is 55.3 Å². The zero-order valence-electron chi connectivity index (χ0n) is 14.2. The van der Waals surface area contributed by atoms with Crippen LogP contribution in [0.1, 0.15) is 10.4 Å². The summed E-state index contributed by atoms with van der Waals surface area (Å²) in [6.45, 7) is -2.99. The van der Waals surface area contributed by atoms with Gasteiger partial charge in [0.05, 0.1) is 16.3 Å². The Kier molecular flexibility index (Phi) is 6.23. The SMILES string of the molecule is O=C(NC(=S)Nc1ccc(-n2cccc2)c(OC(F)F)c1)c1ccccc1Cl. The normalized spacial score (nSPS) is 10.6. The van der Waals surface area contributed by atoms with Crippen LogP contribution in [0.5, 0.6) is 5.75 Å². The first-order valence-electron chi connectivity index (χ1n) is 8.03. The maximum Gasteiger partial charge on any atom is 0.387 e. The van der Waals surface area contributed by atoms with Crippen molar-refractivity contribution in [3.8, 4) is 11.4 Å². The van der Waals surface area contributed by atoms with Gasteiger partial charge < -0.3 is 14.6 Å². The van der Waals surface area contributed by atoms with Crippen LogP contribution >= 0.6 is 23.8 Å². The van der Waals surface area contributed by atoms with Crippen LogP contribution in [0.4, 0.5) is 14.5 Å². The minimum absolute atomic E-state index is 0.0124. The van der Waals surface area contributed by atoms with E-state index in [2.05, 4.69) is 15.4 Å². The molecule has 2 N–H and O–H groups in total. The van der Waals surface area contributed by atoms with Crippen LogP contribution in [-0.2, 0) is 0 Å². The summed E-state index contributed by atoms with van der Waals surface area (Å²) in [5.41, 5.74) is 1.07. The fourth-order valence-electron chi connectivity index (χ4n) is 2.47. The van der Waals surface area contributed by atoms with Crippen molar-refractivity contribution in [3.63, 3.8) is 0 Å². The number of carbonyl (C=O) groups is 1.